The Morgan fingerprint density at radius 3 is 2.00 bits per heavy atom. The van der Waals surface area contributed by atoms with E-state index in [0.29, 0.717) is 28.7 Å². The number of halogens is 3. The van der Waals surface area contributed by atoms with Crippen LogP contribution in [-0.2, 0) is 21.3 Å². The van der Waals surface area contributed by atoms with Crippen LogP contribution in [0.2, 0.25) is 0 Å². The van der Waals surface area contributed by atoms with Crippen molar-refractivity contribution in [1.29, 1.82) is 0 Å². The third kappa shape index (κ3) is 5.48. The van der Waals surface area contributed by atoms with Crippen LogP contribution < -0.4 is 5.32 Å². The Bertz CT molecular complexity index is 1300. The molecule has 3 fully saturated rings. The summed E-state index contributed by atoms with van der Waals surface area (Å²) in [5, 5.41) is 14.4. The zero-order chi connectivity index (χ0) is 28.4. The van der Waals surface area contributed by atoms with Gasteiger partial charge in [0.2, 0.25) is 5.60 Å². The minimum absolute atomic E-state index is 0.160. The molecule has 40 heavy (non-hydrogen) atoms. The first-order valence-corrected chi connectivity index (χ1v) is 13.5. The molecule has 3 aliphatic heterocycles. The highest BCUT2D eigenvalue weighted by Crippen LogP contribution is 2.38. The minimum Gasteiger partial charge on any atom is -0.453 e. The number of piperidine rings is 3. The number of aliphatic hydroxyl groups is 1. The molecule has 0 saturated carbocycles. The zero-order valence-electron chi connectivity index (χ0n) is 21.9. The van der Waals surface area contributed by atoms with Crippen LogP contribution in [0, 0.1) is 5.92 Å². The van der Waals surface area contributed by atoms with Gasteiger partial charge in [0.25, 0.3) is 5.91 Å². The lowest BCUT2D eigenvalue weighted by Crippen LogP contribution is -2.66. The summed E-state index contributed by atoms with van der Waals surface area (Å²) in [5.74, 6) is -1.34. The summed E-state index contributed by atoms with van der Waals surface area (Å²) in [4.78, 5) is 26.3. The van der Waals surface area contributed by atoms with Gasteiger partial charge >= 0.3 is 12.1 Å². The number of hydrogen-bond donors (Lipinski definition) is 2. The first-order chi connectivity index (χ1) is 19.1. The van der Waals surface area contributed by atoms with Gasteiger partial charge in [-0.25, -0.2) is 4.79 Å². The first kappa shape index (κ1) is 27.9. The van der Waals surface area contributed by atoms with Gasteiger partial charge in [-0.2, -0.15) is 13.2 Å². The number of fused-ring (bicyclic) bond motifs is 3. The Morgan fingerprint density at radius 1 is 0.875 bits per heavy atom. The summed E-state index contributed by atoms with van der Waals surface area (Å²) in [6.45, 7) is 2.87. The molecular weight excluding hydrogens is 521 g/mol. The number of benzene rings is 3. The molecule has 3 aromatic carbocycles. The summed E-state index contributed by atoms with van der Waals surface area (Å²) in [7, 11) is 0. The molecule has 1 atom stereocenters. The number of nitrogens with zero attached hydrogens (tertiary/aromatic N) is 1. The number of carbonyl (C=O) groups is 2. The van der Waals surface area contributed by atoms with E-state index >= 15 is 0 Å². The van der Waals surface area contributed by atoms with Gasteiger partial charge in [-0.1, -0.05) is 72.8 Å². The quantitative estimate of drug-likeness (QED) is 0.318. The van der Waals surface area contributed by atoms with Crippen LogP contribution in [0.5, 0.6) is 0 Å². The predicted octanol–water partition coefficient (Wildman–Crippen LogP) is 4.52. The molecule has 6 rings (SSSR count). The van der Waals surface area contributed by atoms with Crippen molar-refractivity contribution in [3.63, 3.8) is 0 Å². The second-order valence-electron chi connectivity index (χ2n) is 10.7. The summed E-state index contributed by atoms with van der Waals surface area (Å²) in [6.07, 6.45) is -3.41. The molecule has 3 saturated heterocycles. The average Bonchev–Trinajstić information content (AvgIpc) is 2.97. The number of hydrogen-bond acceptors (Lipinski definition) is 4. The van der Waals surface area contributed by atoms with E-state index in [1.807, 2.05) is 12.1 Å². The summed E-state index contributed by atoms with van der Waals surface area (Å²) < 4.78 is 46.7. The van der Waals surface area contributed by atoms with E-state index in [0.717, 1.165) is 32.0 Å². The van der Waals surface area contributed by atoms with Crippen molar-refractivity contribution in [3.05, 3.63) is 107 Å². The van der Waals surface area contributed by atoms with E-state index in [4.69, 9.17) is 4.74 Å². The van der Waals surface area contributed by atoms with Crippen molar-refractivity contribution in [2.24, 2.45) is 5.92 Å². The van der Waals surface area contributed by atoms with Crippen molar-refractivity contribution in [2.45, 2.75) is 30.7 Å². The van der Waals surface area contributed by atoms with Gasteiger partial charge < -0.3 is 19.6 Å². The molecule has 0 radical (unpaired) electrons. The molecule has 3 aromatic rings. The lowest BCUT2D eigenvalue weighted by molar-refractivity contribution is -0.945. The number of quaternary nitrogens is 1. The molecule has 2 N–H and O–H groups in total. The van der Waals surface area contributed by atoms with Crippen LogP contribution in [0.3, 0.4) is 0 Å². The number of carbonyl (C=O) groups excluding carboxylic acids is 2. The Labute approximate surface area is 231 Å². The molecule has 1 amide bonds. The maximum atomic E-state index is 13.7. The van der Waals surface area contributed by atoms with E-state index in [2.05, 4.69) is 5.32 Å². The first-order valence-electron chi connectivity index (χ1n) is 13.5. The monoisotopic (exact) mass is 553 g/mol. The zero-order valence-corrected chi connectivity index (χ0v) is 21.9. The second-order valence-corrected chi connectivity index (χ2v) is 10.7. The average molecular weight is 554 g/mol. The van der Waals surface area contributed by atoms with Crippen LogP contribution in [0.15, 0.2) is 84.9 Å². The topological polar surface area (TPSA) is 75.6 Å². The smallest absolute Gasteiger partial charge is 0.417 e. The fourth-order valence-corrected chi connectivity index (χ4v) is 6.08. The highest BCUT2D eigenvalue weighted by Gasteiger charge is 2.50. The van der Waals surface area contributed by atoms with Gasteiger partial charge in [-0.05, 0) is 23.3 Å². The highest BCUT2D eigenvalue weighted by atomic mass is 19.4. The third-order valence-corrected chi connectivity index (χ3v) is 8.33. The second kappa shape index (κ2) is 11.1. The molecule has 0 aromatic heterocycles. The minimum atomic E-state index is -4.62. The Morgan fingerprint density at radius 2 is 1.43 bits per heavy atom. The lowest BCUT2D eigenvalue weighted by atomic mass is 9.82. The number of nitrogens with one attached hydrogen (secondary N) is 1. The van der Waals surface area contributed by atoms with E-state index in [1.54, 1.807) is 48.5 Å². The van der Waals surface area contributed by atoms with Crippen molar-refractivity contribution in [1.82, 2.24) is 5.32 Å². The van der Waals surface area contributed by atoms with Gasteiger partial charge in [0, 0.05) is 18.8 Å². The van der Waals surface area contributed by atoms with E-state index < -0.39 is 40.9 Å². The van der Waals surface area contributed by atoms with Gasteiger partial charge in [0.1, 0.15) is 6.54 Å². The molecular formula is C31H32F3N2O4+. The van der Waals surface area contributed by atoms with Crippen LogP contribution in [-0.4, -0.2) is 60.3 Å². The number of esters is 1. The summed E-state index contributed by atoms with van der Waals surface area (Å²) in [5.41, 5.74) is -2.51. The molecule has 0 aliphatic carbocycles. The molecule has 2 bridgehead atoms. The Kier molecular flexibility index (Phi) is 7.70. The number of ether oxygens (including phenoxy) is 1. The molecule has 210 valence electrons. The van der Waals surface area contributed by atoms with Crippen molar-refractivity contribution >= 4 is 11.9 Å². The maximum Gasteiger partial charge on any atom is 0.417 e. The molecule has 0 unspecified atom stereocenters. The highest BCUT2D eigenvalue weighted by molar-refractivity contribution is 5.95. The van der Waals surface area contributed by atoms with Crippen molar-refractivity contribution in [2.75, 3.05) is 32.7 Å². The predicted molar refractivity (Wildman–Crippen MR) is 142 cm³/mol. The lowest BCUT2D eigenvalue weighted by Gasteiger charge is -2.52. The van der Waals surface area contributed by atoms with Crippen LogP contribution in [0.4, 0.5) is 13.2 Å². The van der Waals surface area contributed by atoms with E-state index in [9.17, 15) is 27.9 Å². The standard InChI is InChI=1S/C31H31F3N2O4/c32-31(33,34)26-14-8-7-13-25(26)28(37)35-17-20-36-18-15-22(16-19-36)27(21-36)40-29(38)30(39,23-9-3-1-4-10-23)24-11-5-2-6-12-24/h1-14,22,27,39H,15-21H2/p+1/t22?,27-,36?/m0/s1. The van der Waals surface area contributed by atoms with E-state index in [1.165, 1.54) is 18.2 Å². The number of amides is 1. The van der Waals surface area contributed by atoms with Crippen LogP contribution in [0.25, 0.3) is 0 Å². The van der Waals surface area contributed by atoms with Crippen molar-refractivity contribution < 1.29 is 37.1 Å². The van der Waals surface area contributed by atoms with Gasteiger partial charge in [-0.3, -0.25) is 4.79 Å². The molecule has 3 aliphatic rings. The molecule has 9 heteroatoms. The van der Waals surface area contributed by atoms with Gasteiger partial charge in [-0.15, -0.1) is 0 Å². The molecule has 0 spiro atoms. The fraction of sp³-hybridized carbons (Fsp3) is 0.355. The van der Waals surface area contributed by atoms with Gasteiger partial charge in [0.15, 0.2) is 6.10 Å². The Balaban J connectivity index is 1.27. The number of alkyl halides is 3. The summed E-state index contributed by atoms with van der Waals surface area (Å²) >= 11 is 0. The number of rotatable bonds is 8. The van der Waals surface area contributed by atoms with Crippen molar-refractivity contribution in [3.8, 4) is 0 Å². The van der Waals surface area contributed by atoms with E-state index in [-0.39, 0.29) is 12.5 Å². The Hall–Kier alpha value is -3.69. The van der Waals surface area contributed by atoms with Crippen LogP contribution in [0.1, 0.15) is 39.9 Å². The fourth-order valence-electron chi connectivity index (χ4n) is 6.08. The van der Waals surface area contributed by atoms with Crippen LogP contribution >= 0.6 is 0 Å². The summed E-state index contributed by atoms with van der Waals surface area (Å²) in [6, 6.07) is 22.2. The maximum absolute atomic E-state index is 13.7. The SMILES string of the molecule is O=C(NCC[N+]12CCC(CC1)[C@@H](OC(=O)C(O)(c1ccccc1)c1ccccc1)C2)c1ccccc1C(F)(F)F. The third-order valence-electron chi connectivity index (χ3n) is 8.33. The molecule has 6 nitrogen and oxygen atoms in total. The largest absolute Gasteiger partial charge is 0.453 e. The molecule has 3 heterocycles. The van der Waals surface area contributed by atoms with Gasteiger partial charge in [0.05, 0.1) is 37.3 Å². The normalized spacial score (nSPS) is 22.5.